The van der Waals surface area contributed by atoms with Crippen LogP contribution in [0.3, 0.4) is 0 Å². The lowest BCUT2D eigenvalue weighted by molar-refractivity contribution is -0.001000. The van der Waals surface area contributed by atoms with Crippen molar-refractivity contribution in [3.63, 3.8) is 0 Å². The predicted molar refractivity (Wildman–Crippen MR) is 135 cm³/mol. The van der Waals surface area contributed by atoms with E-state index < -0.39 is 6.10 Å². The predicted octanol–water partition coefficient (Wildman–Crippen LogP) is -2.85. The van der Waals surface area contributed by atoms with Crippen molar-refractivity contribution >= 4 is 34.2 Å². The average molecular weight is 565 g/mol. The summed E-state index contributed by atoms with van der Waals surface area (Å²) in [4.78, 5) is 32.0. The molecule has 2 aliphatic heterocycles. The van der Waals surface area contributed by atoms with E-state index in [-0.39, 0.29) is 43.2 Å². The van der Waals surface area contributed by atoms with Gasteiger partial charge in [-0.05, 0) is 41.8 Å². The van der Waals surface area contributed by atoms with Gasteiger partial charge in [0, 0.05) is 67.3 Å². The molecular formula is C27H28Cl3N3O4-2. The summed E-state index contributed by atoms with van der Waals surface area (Å²) in [5.74, 6) is 0.238. The van der Waals surface area contributed by atoms with Crippen molar-refractivity contribution < 1.29 is 44.2 Å². The number of aliphatic hydroxyl groups excluding tert-OH is 1. The van der Waals surface area contributed by atoms with Gasteiger partial charge in [0.15, 0.2) is 0 Å². The molecule has 7 nitrogen and oxygen atoms in total. The first-order chi connectivity index (χ1) is 17.0. The van der Waals surface area contributed by atoms with Crippen LogP contribution in [0.4, 0.5) is 0 Å². The minimum absolute atomic E-state index is 0. The molecule has 3 aromatic rings. The Labute approximate surface area is 233 Å². The van der Waals surface area contributed by atoms with Gasteiger partial charge in [0.2, 0.25) is 0 Å². The monoisotopic (exact) mass is 563 g/mol. The minimum Gasteiger partial charge on any atom is -1.00 e. The third-order valence-electron chi connectivity index (χ3n) is 6.69. The van der Waals surface area contributed by atoms with Crippen molar-refractivity contribution in [2.75, 3.05) is 52.4 Å². The molecule has 0 radical (unpaired) electrons. The maximum absolute atomic E-state index is 13.1. The second kappa shape index (κ2) is 12.9. The Morgan fingerprint density at radius 2 is 1.38 bits per heavy atom. The molecule has 0 aromatic heterocycles. The molecular weight excluding hydrogens is 537 g/mol. The van der Waals surface area contributed by atoms with Gasteiger partial charge >= 0.3 is 0 Å². The number of carbonyl (C=O) groups is 2. The van der Waals surface area contributed by atoms with Crippen LogP contribution in [0.25, 0.3) is 10.8 Å². The van der Waals surface area contributed by atoms with Crippen molar-refractivity contribution in [2.24, 2.45) is 0 Å². The number of aliphatic hydroxyl groups is 1. The van der Waals surface area contributed by atoms with Gasteiger partial charge in [-0.25, -0.2) is 0 Å². The molecule has 0 saturated carbocycles. The van der Waals surface area contributed by atoms with E-state index in [1.165, 1.54) is 4.90 Å². The van der Waals surface area contributed by atoms with E-state index in [2.05, 4.69) is 9.80 Å². The molecule has 37 heavy (non-hydrogen) atoms. The van der Waals surface area contributed by atoms with Gasteiger partial charge in [-0.15, -0.1) is 0 Å². The lowest BCUT2D eigenvalue weighted by atomic mass is 9.94. The fourth-order valence-electron chi connectivity index (χ4n) is 4.79. The van der Waals surface area contributed by atoms with Crippen LogP contribution >= 0.6 is 11.6 Å². The van der Waals surface area contributed by atoms with Crippen LogP contribution in [-0.2, 0) is 0 Å². The molecule has 2 amide bonds. The molecule has 1 saturated heterocycles. The van der Waals surface area contributed by atoms with Gasteiger partial charge in [-0.3, -0.25) is 24.3 Å². The number of carbonyl (C=O) groups excluding carboxylic acids is 2. The van der Waals surface area contributed by atoms with Gasteiger partial charge in [0.05, 0.1) is 0 Å². The second-order valence-electron chi connectivity index (χ2n) is 9.03. The van der Waals surface area contributed by atoms with E-state index in [0.717, 1.165) is 37.0 Å². The first-order valence-corrected chi connectivity index (χ1v) is 12.3. The summed E-state index contributed by atoms with van der Waals surface area (Å²) >= 11 is 5.88. The molecule has 2 heterocycles. The fraction of sp³-hybridized carbons (Fsp3) is 0.333. The Kier molecular flexibility index (Phi) is 10.2. The van der Waals surface area contributed by atoms with Crippen LogP contribution in [0.5, 0.6) is 5.75 Å². The lowest BCUT2D eigenvalue weighted by Crippen LogP contribution is -3.00. The SMILES string of the molecule is O=C1c2cccc3cccc(c23)C(=O)N1CCN1CCN(CC(O)COc2ccc(Cl)cc2)CC1.[Cl-].[Cl-]. The summed E-state index contributed by atoms with van der Waals surface area (Å²) in [6.45, 7) is 4.98. The Hall–Kier alpha value is -2.39. The van der Waals surface area contributed by atoms with E-state index >= 15 is 0 Å². The Morgan fingerprint density at radius 3 is 1.97 bits per heavy atom. The Morgan fingerprint density at radius 1 is 0.811 bits per heavy atom. The van der Waals surface area contributed by atoms with Gasteiger partial charge < -0.3 is 34.7 Å². The van der Waals surface area contributed by atoms with Crippen molar-refractivity contribution in [1.29, 1.82) is 0 Å². The van der Waals surface area contributed by atoms with E-state index in [0.29, 0.717) is 41.5 Å². The molecule has 0 aliphatic carbocycles. The summed E-state index contributed by atoms with van der Waals surface area (Å²) < 4.78 is 5.64. The summed E-state index contributed by atoms with van der Waals surface area (Å²) in [7, 11) is 0. The highest BCUT2D eigenvalue weighted by Crippen LogP contribution is 2.29. The lowest BCUT2D eigenvalue weighted by Gasteiger charge is -2.36. The molecule has 0 bridgehead atoms. The van der Waals surface area contributed by atoms with Gasteiger partial charge in [-0.1, -0.05) is 35.9 Å². The standard InChI is InChI=1S/C27H28ClN3O4.2ClH/c28-20-7-9-22(10-8-20)35-18-21(32)17-30-13-11-29(12-14-30)15-16-31-26(33)23-5-1-3-19-4-2-6-24(25(19)23)27(31)34;;/h1-10,21,32H,11-18H2;2*1H/p-2. The Bertz CT molecular complexity index is 1180. The number of amides is 2. The van der Waals surface area contributed by atoms with Crippen LogP contribution in [0.15, 0.2) is 60.7 Å². The number of ether oxygens (including phenoxy) is 1. The molecule has 1 N–H and O–H groups in total. The number of hydrogen-bond acceptors (Lipinski definition) is 6. The van der Waals surface area contributed by atoms with Crippen molar-refractivity contribution in [2.45, 2.75) is 6.10 Å². The molecule has 1 atom stereocenters. The third-order valence-corrected chi connectivity index (χ3v) is 6.94. The summed E-state index contributed by atoms with van der Waals surface area (Å²) in [6, 6.07) is 18.3. The van der Waals surface area contributed by atoms with Crippen LogP contribution in [-0.4, -0.2) is 90.1 Å². The highest BCUT2D eigenvalue weighted by atomic mass is 35.5. The van der Waals surface area contributed by atoms with Gasteiger partial charge in [0.1, 0.15) is 18.5 Å². The maximum atomic E-state index is 13.1. The summed E-state index contributed by atoms with van der Waals surface area (Å²) in [6.07, 6.45) is -0.594. The van der Waals surface area contributed by atoms with Crippen LogP contribution in [0, 0.1) is 0 Å². The van der Waals surface area contributed by atoms with E-state index in [1.54, 1.807) is 36.4 Å². The van der Waals surface area contributed by atoms with Crippen molar-refractivity contribution in [1.82, 2.24) is 14.7 Å². The largest absolute Gasteiger partial charge is 1.00 e. The van der Waals surface area contributed by atoms with E-state index in [9.17, 15) is 14.7 Å². The van der Waals surface area contributed by atoms with Crippen LogP contribution < -0.4 is 29.6 Å². The normalized spacial score (nSPS) is 16.8. The van der Waals surface area contributed by atoms with Gasteiger partial charge in [0.25, 0.3) is 11.8 Å². The molecule has 10 heteroatoms. The second-order valence-corrected chi connectivity index (χ2v) is 9.47. The van der Waals surface area contributed by atoms with Crippen molar-refractivity contribution in [3.05, 3.63) is 76.8 Å². The third kappa shape index (κ3) is 6.55. The number of nitrogens with zero attached hydrogens (tertiary/aromatic N) is 3. The number of rotatable bonds is 8. The molecule has 1 fully saturated rings. The fourth-order valence-corrected chi connectivity index (χ4v) is 4.92. The number of hydrogen-bond donors (Lipinski definition) is 1. The van der Waals surface area contributed by atoms with E-state index in [1.807, 2.05) is 24.3 Å². The number of halogens is 3. The zero-order chi connectivity index (χ0) is 24.4. The number of piperazine rings is 1. The average Bonchev–Trinajstić information content (AvgIpc) is 2.88. The first-order valence-electron chi connectivity index (χ1n) is 11.9. The minimum atomic E-state index is -0.594. The number of benzene rings is 3. The topological polar surface area (TPSA) is 73.3 Å². The molecule has 198 valence electrons. The molecule has 2 aliphatic rings. The highest BCUT2D eigenvalue weighted by molar-refractivity contribution is 6.30. The van der Waals surface area contributed by atoms with E-state index in [4.69, 9.17) is 16.3 Å². The smallest absolute Gasteiger partial charge is 0.261 e. The maximum Gasteiger partial charge on any atom is 0.261 e. The zero-order valence-corrected chi connectivity index (χ0v) is 22.4. The van der Waals surface area contributed by atoms with Crippen LogP contribution in [0.1, 0.15) is 20.7 Å². The highest BCUT2D eigenvalue weighted by Gasteiger charge is 2.33. The van der Waals surface area contributed by atoms with Gasteiger partial charge in [-0.2, -0.15) is 0 Å². The number of β-amino-alcohol motifs (C(OH)–C–C–N with tert-alkyl or cyclic N) is 1. The van der Waals surface area contributed by atoms with Crippen molar-refractivity contribution in [3.8, 4) is 5.75 Å². The summed E-state index contributed by atoms with van der Waals surface area (Å²) in [5.41, 5.74) is 1.19. The number of imide groups is 1. The molecule has 3 aromatic carbocycles. The Balaban J connectivity index is 0.00000190. The quantitative estimate of drug-likeness (QED) is 0.297. The molecule has 1 unspecified atom stereocenters. The zero-order valence-electron chi connectivity index (χ0n) is 20.2. The molecule has 5 rings (SSSR count). The first kappa shape index (κ1) is 29.2. The van der Waals surface area contributed by atoms with Crippen LogP contribution in [0.2, 0.25) is 5.02 Å². The molecule has 0 spiro atoms. The summed E-state index contributed by atoms with van der Waals surface area (Å²) in [5, 5.41) is 12.7.